The van der Waals surface area contributed by atoms with E-state index in [0.29, 0.717) is 5.92 Å². The molecule has 2 rings (SSSR count). The third-order valence-corrected chi connectivity index (χ3v) is 2.63. The summed E-state index contributed by atoms with van der Waals surface area (Å²) in [5, 5.41) is 4.41. The summed E-state index contributed by atoms with van der Waals surface area (Å²) in [6, 6.07) is 0. The normalized spacial score (nSPS) is 22.3. The molecule has 3 heteroatoms. The molecule has 0 amide bonds. The number of nitrogens with two attached hydrogens (primary N) is 1. The highest BCUT2D eigenvalue weighted by atomic mass is 15.3. The lowest BCUT2D eigenvalue weighted by Gasteiger charge is -2.18. The van der Waals surface area contributed by atoms with Crippen molar-refractivity contribution in [3.63, 3.8) is 0 Å². The standard InChI is InChI=1S/C9H15N3/c1-12-6-8-7(5-10)3-2-4-9(8)11-12/h6-7H,2-5,10H2,1H3. The highest BCUT2D eigenvalue weighted by Gasteiger charge is 2.21. The molecule has 2 N–H and O–H groups in total. The summed E-state index contributed by atoms with van der Waals surface area (Å²) in [6.45, 7) is 0.763. The van der Waals surface area contributed by atoms with Crippen LogP contribution in [-0.4, -0.2) is 16.3 Å². The van der Waals surface area contributed by atoms with Gasteiger partial charge in [0.1, 0.15) is 0 Å². The molecule has 1 aromatic heterocycles. The smallest absolute Gasteiger partial charge is 0.0659 e. The Hall–Kier alpha value is -0.830. The fourth-order valence-corrected chi connectivity index (χ4v) is 2.00. The van der Waals surface area contributed by atoms with Crippen LogP contribution in [0.15, 0.2) is 6.20 Å². The Morgan fingerprint density at radius 2 is 2.58 bits per heavy atom. The van der Waals surface area contributed by atoms with E-state index in [2.05, 4.69) is 11.3 Å². The Bertz CT molecular complexity index is 277. The largest absolute Gasteiger partial charge is 0.330 e. The lowest BCUT2D eigenvalue weighted by atomic mass is 9.87. The summed E-state index contributed by atoms with van der Waals surface area (Å²) in [5.74, 6) is 0.558. The van der Waals surface area contributed by atoms with Gasteiger partial charge in [0.15, 0.2) is 0 Å². The van der Waals surface area contributed by atoms with Crippen LogP contribution in [0.4, 0.5) is 0 Å². The summed E-state index contributed by atoms with van der Waals surface area (Å²) < 4.78 is 1.90. The van der Waals surface area contributed by atoms with Crippen molar-refractivity contribution in [2.45, 2.75) is 25.2 Å². The van der Waals surface area contributed by atoms with Gasteiger partial charge < -0.3 is 5.73 Å². The Kier molecular flexibility index (Phi) is 1.89. The van der Waals surface area contributed by atoms with Gasteiger partial charge in [0.2, 0.25) is 0 Å². The van der Waals surface area contributed by atoms with Crippen LogP contribution in [0, 0.1) is 0 Å². The first-order valence-corrected chi connectivity index (χ1v) is 4.53. The molecule has 3 nitrogen and oxygen atoms in total. The van der Waals surface area contributed by atoms with Crippen LogP contribution in [0.5, 0.6) is 0 Å². The number of nitrogens with zero attached hydrogens (tertiary/aromatic N) is 2. The monoisotopic (exact) mass is 165 g/mol. The topological polar surface area (TPSA) is 43.8 Å². The van der Waals surface area contributed by atoms with Crippen LogP contribution in [0.2, 0.25) is 0 Å². The Morgan fingerprint density at radius 3 is 3.33 bits per heavy atom. The quantitative estimate of drug-likeness (QED) is 0.669. The summed E-state index contributed by atoms with van der Waals surface area (Å²) >= 11 is 0. The lowest BCUT2D eigenvalue weighted by molar-refractivity contribution is 0.556. The summed E-state index contributed by atoms with van der Waals surface area (Å²) in [6.07, 6.45) is 5.72. The Morgan fingerprint density at radius 1 is 1.75 bits per heavy atom. The van der Waals surface area contributed by atoms with Crippen LogP contribution in [0.3, 0.4) is 0 Å². The minimum absolute atomic E-state index is 0.558. The molecule has 0 bridgehead atoms. The van der Waals surface area contributed by atoms with E-state index in [-0.39, 0.29) is 0 Å². The van der Waals surface area contributed by atoms with Crippen molar-refractivity contribution in [3.05, 3.63) is 17.5 Å². The molecule has 0 spiro atoms. The second-order valence-corrected chi connectivity index (χ2v) is 3.53. The van der Waals surface area contributed by atoms with Gasteiger partial charge in [-0.2, -0.15) is 5.10 Å². The van der Waals surface area contributed by atoms with E-state index >= 15 is 0 Å². The molecule has 1 aromatic rings. The first-order valence-electron chi connectivity index (χ1n) is 4.53. The number of hydrogen-bond acceptors (Lipinski definition) is 2. The zero-order valence-corrected chi connectivity index (χ0v) is 7.45. The van der Waals surface area contributed by atoms with Crippen LogP contribution >= 0.6 is 0 Å². The SMILES string of the molecule is Cn1cc2c(n1)CCCC2CN. The van der Waals surface area contributed by atoms with E-state index in [1.54, 1.807) is 0 Å². The molecule has 0 saturated carbocycles. The summed E-state index contributed by atoms with van der Waals surface area (Å²) in [7, 11) is 1.98. The molecule has 0 fully saturated rings. The van der Waals surface area contributed by atoms with Crippen molar-refractivity contribution >= 4 is 0 Å². The van der Waals surface area contributed by atoms with Crippen molar-refractivity contribution in [1.29, 1.82) is 0 Å². The maximum atomic E-state index is 5.69. The van der Waals surface area contributed by atoms with Crippen molar-refractivity contribution in [1.82, 2.24) is 9.78 Å². The van der Waals surface area contributed by atoms with E-state index in [0.717, 1.165) is 13.0 Å². The van der Waals surface area contributed by atoms with Gasteiger partial charge in [-0.25, -0.2) is 0 Å². The fraction of sp³-hybridized carbons (Fsp3) is 0.667. The second-order valence-electron chi connectivity index (χ2n) is 3.53. The van der Waals surface area contributed by atoms with Gasteiger partial charge in [-0.3, -0.25) is 4.68 Å². The summed E-state index contributed by atoms with van der Waals surface area (Å²) in [5.41, 5.74) is 8.33. The first-order chi connectivity index (χ1) is 5.81. The molecule has 1 aliphatic rings. The maximum Gasteiger partial charge on any atom is 0.0659 e. The molecule has 0 saturated heterocycles. The van der Waals surface area contributed by atoms with Crippen LogP contribution < -0.4 is 5.73 Å². The third kappa shape index (κ3) is 1.14. The average molecular weight is 165 g/mol. The van der Waals surface area contributed by atoms with Crippen molar-refractivity contribution < 1.29 is 0 Å². The average Bonchev–Trinajstić information content (AvgIpc) is 2.44. The fourth-order valence-electron chi connectivity index (χ4n) is 2.00. The molecular formula is C9H15N3. The Balaban J connectivity index is 2.36. The maximum absolute atomic E-state index is 5.69. The predicted octanol–water partition coefficient (Wildman–Crippen LogP) is 0.799. The molecule has 1 atom stereocenters. The van der Waals surface area contributed by atoms with Gasteiger partial charge in [-0.05, 0) is 37.3 Å². The Labute approximate surface area is 72.6 Å². The van der Waals surface area contributed by atoms with Gasteiger partial charge in [0, 0.05) is 13.2 Å². The van der Waals surface area contributed by atoms with Gasteiger partial charge in [0.05, 0.1) is 5.69 Å². The molecule has 0 aliphatic heterocycles. The highest BCUT2D eigenvalue weighted by Crippen LogP contribution is 2.29. The van der Waals surface area contributed by atoms with E-state index in [4.69, 9.17) is 5.73 Å². The predicted molar refractivity (Wildman–Crippen MR) is 47.9 cm³/mol. The van der Waals surface area contributed by atoms with Gasteiger partial charge in [0.25, 0.3) is 0 Å². The van der Waals surface area contributed by atoms with E-state index in [1.165, 1.54) is 24.1 Å². The number of hydrogen-bond donors (Lipinski definition) is 1. The van der Waals surface area contributed by atoms with Gasteiger partial charge >= 0.3 is 0 Å². The number of aryl methyl sites for hydroxylation is 2. The third-order valence-electron chi connectivity index (χ3n) is 2.63. The zero-order chi connectivity index (χ0) is 8.55. The molecule has 1 heterocycles. The number of aromatic nitrogens is 2. The minimum atomic E-state index is 0.558. The molecule has 12 heavy (non-hydrogen) atoms. The zero-order valence-electron chi connectivity index (χ0n) is 7.45. The summed E-state index contributed by atoms with van der Waals surface area (Å²) in [4.78, 5) is 0. The van der Waals surface area contributed by atoms with Gasteiger partial charge in [-0.15, -0.1) is 0 Å². The lowest BCUT2D eigenvalue weighted by Crippen LogP contribution is -2.17. The highest BCUT2D eigenvalue weighted by molar-refractivity contribution is 5.24. The molecule has 66 valence electrons. The molecule has 0 radical (unpaired) electrons. The van der Waals surface area contributed by atoms with Crippen LogP contribution in [-0.2, 0) is 13.5 Å². The van der Waals surface area contributed by atoms with E-state index < -0.39 is 0 Å². The minimum Gasteiger partial charge on any atom is -0.330 e. The van der Waals surface area contributed by atoms with Gasteiger partial charge in [-0.1, -0.05) is 0 Å². The second kappa shape index (κ2) is 2.90. The van der Waals surface area contributed by atoms with Crippen LogP contribution in [0.1, 0.15) is 30.0 Å². The van der Waals surface area contributed by atoms with Crippen LogP contribution in [0.25, 0.3) is 0 Å². The molecule has 0 aromatic carbocycles. The molecule has 1 aliphatic carbocycles. The van der Waals surface area contributed by atoms with E-state index in [1.807, 2.05) is 11.7 Å². The number of rotatable bonds is 1. The molecule has 1 unspecified atom stereocenters. The number of fused-ring (bicyclic) bond motifs is 1. The van der Waals surface area contributed by atoms with Crippen molar-refractivity contribution in [2.24, 2.45) is 12.8 Å². The van der Waals surface area contributed by atoms with Crippen molar-refractivity contribution in [3.8, 4) is 0 Å². The van der Waals surface area contributed by atoms with Crippen molar-refractivity contribution in [2.75, 3.05) is 6.54 Å². The van der Waals surface area contributed by atoms with E-state index in [9.17, 15) is 0 Å². The first kappa shape index (κ1) is 7.80. The molecular weight excluding hydrogens is 150 g/mol.